The molecule has 0 spiro atoms. The summed E-state index contributed by atoms with van der Waals surface area (Å²) < 4.78 is 5.25. The minimum Gasteiger partial charge on any atom is -0.481 e. The van der Waals surface area contributed by atoms with Crippen molar-refractivity contribution in [3.05, 3.63) is 0 Å². The second-order valence-electron chi connectivity index (χ2n) is 6.75. The van der Waals surface area contributed by atoms with Crippen molar-refractivity contribution < 1.29 is 19.4 Å². The van der Waals surface area contributed by atoms with E-state index in [1.54, 1.807) is 0 Å². The third-order valence-electron chi connectivity index (χ3n) is 5.37. The highest BCUT2D eigenvalue weighted by molar-refractivity contribution is 5.79. The summed E-state index contributed by atoms with van der Waals surface area (Å²) in [6.45, 7) is 7.20. The molecule has 4 atom stereocenters. The van der Waals surface area contributed by atoms with E-state index in [1.807, 2.05) is 20.8 Å². The number of carbonyl (C=O) groups is 2. The van der Waals surface area contributed by atoms with Crippen LogP contribution in [0.1, 0.15) is 40.0 Å². The summed E-state index contributed by atoms with van der Waals surface area (Å²) in [6, 6.07) is 0.0636. The van der Waals surface area contributed by atoms with Crippen molar-refractivity contribution in [1.82, 2.24) is 5.32 Å². The molecular weight excluding hydrogens is 258 g/mol. The van der Waals surface area contributed by atoms with E-state index in [-0.39, 0.29) is 35.1 Å². The first-order valence-corrected chi connectivity index (χ1v) is 7.45. The van der Waals surface area contributed by atoms with Crippen LogP contribution in [-0.2, 0) is 14.3 Å². The number of nitrogens with one attached hydrogen (secondary N) is 1. The molecule has 0 aromatic rings. The maximum Gasteiger partial charge on any atom is 0.307 e. The Hall–Kier alpha value is -1.10. The Morgan fingerprint density at radius 1 is 1.25 bits per heavy atom. The van der Waals surface area contributed by atoms with Crippen LogP contribution in [0.5, 0.6) is 0 Å². The van der Waals surface area contributed by atoms with Gasteiger partial charge in [0.15, 0.2) is 0 Å². The second kappa shape index (κ2) is 5.72. The van der Waals surface area contributed by atoms with Gasteiger partial charge in [0.05, 0.1) is 18.4 Å². The zero-order valence-corrected chi connectivity index (χ0v) is 12.5. The van der Waals surface area contributed by atoms with E-state index in [1.165, 1.54) is 0 Å². The Morgan fingerprint density at radius 2 is 1.95 bits per heavy atom. The van der Waals surface area contributed by atoms with E-state index >= 15 is 0 Å². The smallest absolute Gasteiger partial charge is 0.307 e. The van der Waals surface area contributed by atoms with E-state index in [0.29, 0.717) is 19.6 Å². The number of hydrogen-bond donors (Lipinski definition) is 2. The maximum absolute atomic E-state index is 12.2. The van der Waals surface area contributed by atoms with E-state index < -0.39 is 5.97 Å². The van der Waals surface area contributed by atoms with Gasteiger partial charge in [0.2, 0.25) is 5.91 Å². The summed E-state index contributed by atoms with van der Waals surface area (Å²) in [5.74, 6) is -0.897. The van der Waals surface area contributed by atoms with E-state index in [2.05, 4.69) is 5.32 Å². The summed E-state index contributed by atoms with van der Waals surface area (Å²) in [5.41, 5.74) is -0.311. The van der Waals surface area contributed by atoms with E-state index in [9.17, 15) is 14.7 Å². The van der Waals surface area contributed by atoms with Crippen LogP contribution < -0.4 is 5.32 Å². The standard InChI is InChI=1S/C15H25NO4/c1-9-12(16-13(17)10-6-7-20-8-10)5-4-11(14(18)19)15(9,2)3/h9-12H,4-8H2,1-3H3,(H,16,17)(H,18,19). The lowest BCUT2D eigenvalue weighted by Crippen LogP contribution is -2.53. The predicted molar refractivity (Wildman–Crippen MR) is 74.2 cm³/mol. The maximum atomic E-state index is 12.2. The van der Waals surface area contributed by atoms with Crippen LogP contribution in [0.4, 0.5) is 0 Å². The molecule has 0 aromatic carbocycles. The molecule has 4 unspecified atom stereocenters. The van der Waals surface area contributed by atoms with Gasteiger partial charge in [0.1, 0.15) is 0 Å². The lowest BCUT2D eigenvalue weighted by molar-refractivity contribution is -0.150. The van der Waals surface area contributed by atoms with Gasteiger partial charge in [-0.3, -0.25) is 9.59 Å². The third kappa shape index (κ3) is 2.82. The molecule has 1 saturated heterocycles. The molecule has 114 valence electrons. The molecule has 0 aromatic heterocycles. The summed E-state index contributed by atoms with van der Waals surface area (Å²) in [5, 5.41) is 12.4. The topological polar surface area (TPSA) is 75.6 Å². The van der Waals surface area contributed by atoms with Gasteiger partial charge in [-0.2, -0.15) is 0 Å². The highest BCUT2D eigenvalue weighted by Gasteiger charge is 2.46. The number of amides is 1. The fourth-order valence-corrected chi connectivity index (χ4v) is 3.48. The monoisotopic (exact) mass is 283 g/mol. The average Bonchev–Trinajstić information content (AvgIpc) is 2.88. The molecule has 2 rings (SSSR count). The molecule has 0 radical (unpaired) electrons. The number of hydrogen-bond acceptors (Lipinski definition) is 3. The van der Waals surface area contributed by atoms with Crippen molar-refractivity contribution in [3.8, 4) is 0 Å². The normalized spacial score (nSPS) is 36.5. The van der Waals surface area contributed by atoms with Crippen LogP contribution in [0.2, 0.25) is 0 Å². The summed E-state index contributed by atoms with van der Waals surface area (Å²) in [4.78, 5) is 23.5. The van der Waals surface area contributed by atoms with Crippen molar-refractivity contribution in [2.45, 2.75) is 46.1 Å². The lowest BCUT2D eigenvalue weighted by Gasteiger charge is -2.46. The van der Waals surface area contributed by atoms with Gasteiger partial charge in [0.25, 0.3) is 0 Å². The van der Waals surface area contributed by atoms with Crippen LogP contribution in [0.3, 0.4) is 0 Å². The number of rotatable bonds is 3. The number of carbonyl (C=O) groups excluding carboxylic acids is 1. The molecule has 2 N–H and O–H groups in total. The first-order valence-electron chi connectivity index (χ1n) is 7.45. The molecule has 5 heteroatoms. The number of carboxylic acids is 1. The molecule has 1 aliphatic heterocycles. The Labute approximate surface area is 120 Å². The van der Waals surface area contributed by atoms with Crippen LogP contribution in [0.25, 0.3) is 0 Å². The molecule has 2 fully saturated rings. The highest BCUT2D eigenvalue weighted by Crippen LogP contribution is 2.45. The largest absolute Gasteiger partial charge is 0.481 e. The summed E-state index contributed by atoms with van der Waals surface area (Å²) >= 11 is 0. The van der Waals surface area contributed by atoms with Crippen LogP contribution in [0.15, 0.2) is 0 Å². The van der Waals surface area contributed by atoms with Crippen molar-refractivity contribution in [2.24, 2.45) is 23.2 Å². The van der Waals surface area contributed by atoms with E-state index in [0.717, 1.165) is 12.8 Å². The molecular formula is C15H25NO4. The fourth-order valence-electron chi connectivity index (χ4n) is 3.48. The predicted octanol–water partition coefficient (Wildman–Crippen LogP) is 1.66. The molecule has 2 aliphatic rings. The average molecular weight is 283 g/mol. The van der Waals surface area contributed by atoms with Crippen molar-refractivity contribution in [2.75, 3.05) is 13.2 Å². The summed E-state index contributed by atoms with van der Waals surface area (Å²) in [6.07, 6.45) is 2.15. The van der Waals surface area contributed by atoms with Crippen LogP contribution >= 0.6 is 0 Å². The number of aliphatic carboxylic acids is 1. The molecule has 20 heavy (non-hydrogen) atoms. The zero-order chi connectivity index (χ0) is 14.9. The lowest BCUT2D eigenvalue weighted by atomic mass is 9.61. The summed E-state index contributed by atoms with van der Waals surface area (Å²) in [7, 11) is 0. The van der Waals surface area contributed by atoms with Crippen molar-refractivity contribution in [1.29, 1.82) is 0 Å². The molecule has 5 nitrogen and oxygen atoms in total. The Balaban J connectivity index is 2.00. The van der Waals surface area contributed by atoms with Gasteiger partial charge in [0, 0.05) is 12.6 Å². The van der Waals surface area contributed by atoms with Gasteiger partial charge in [-0.05, 0) is 30.6 Å². The molecule has 0 bridgehead atoms. The van der Waals surface area contributed by atoms with Gasteiger partial charge < -0.3 is 15.2 Å². The SMILES string of the molecule is CC1C(NC(=O)C2CCOC2)CCC(C(=O)O)C1(C)C. The zero-order valence-electron chi connectivity index (χ0n) is 12.5. The third-order valence-corrected chi connectivity index (χ3v) is 5.37. The first-order chi connectivity index (χ1) is 9.34. The van der Waals surface area contributed by atoms with Gasteiger partial charge in [-0.15, -0.1) is 0 Å². The molecule has 1 aliphatic carbocycles. The Bertz CT molecular complexity index is 387. The Morgan fingerprint density at radius 3 is 2.50 bits per heavy atom. The van der Waals surface area contributed by atoms with Crippen molar-refractivity contribution >= 4 is 11.9 Å². The molecule has 1 saturated carbocycles. The Kier molecular flexibility index (Phi) is 4.37. The van der Waals surface area contributed by atoms with E-state index in [4.69, 9.17) is 4.74 Å². The molecule has 1 amide bonds. The van der Waals surface area contributed by atoms with Crippen LogP contribution in [0, 0.1) is 23.2 Å². The van der Waals surface area contributed by atoms with Gasteiger partial charge >= 0.3 is 5.97 Å². The van der Waals surface area contributed by atoms with Crippen LogP contribution in [-0.4, -0.2) is 36.2 Å². The minimum atomic E-state index is -0.726. The minimum absolute atomic E-state index is 0.0393. The number of ether oxygens (including phenoxy) is 1. The van der Waals surface area contributed by atoms with Gasteiger partial charge in [-0.25, -0.2) is 0 Å². The molecule has 1 heterocycles. The second-order valence-corrected chi connectivity index (χ2v) is 6.75. The number of carboxylic acid groups (broad SMARTS) is 1. The van der Waals surface area contributed by atoms with Gasteiger partial charge in [-0.1, -0.05) is 20.8 Å². The first kappa shape index (κ1) is 15.3. The quantitative estimate of drug-likeness (QED) is 0.826. The highest BCUT2D eigenvalue weighted by atomic mass is 16.5. The fraction of sp³-hybridized carbons (Fsp3) is 0.867. The van der Waals surface area contributed by atoms with Crippen molar-refractivity contribution in [3.63, 3.8) is 0 Å².